The molecular formula is C14H16Br2N2O. The van der Waals surface area contributed by atoms with Gasteiger partial charge in [-0.15, -0.1) is 0 Å². The molecular weight excluding hydrogens is 372 g/mol. The molecule has 19 heavy (non-hydrogen) atoms. The Morgan fingerprint density at radius 1 is 1.26 bits per heavy atom. The van der Waals surface area contributed by atoms with Crippen LogP contribution >= 0.6 is 31.9 Å². The van der Waals surface area contributed by atoms with E-state index in [1.54, 1.807) is 0 Å². The van der Waals surface area contributed by atoms with Gasteiger partial charge in [-0.05, 0) is 50.4 Å². The molecule has 0 spiro atoms. The molecule has 2 rings (SSSR count). The SMILES string of the molecule is CC(NC(CN)c1cc(Br)c(Br)o1)c1ccccc1. The second kappa shape index (κ2) is 6.70. The van der Waals surface area contributed by atoms with E-state index < -0.39 is 0 Å². The zero-order chi connectivity index (χ0) is 13.8. The number of rotatable bonds is 5. The van der Waals surface area contributed by atoms with Gasteiger partial charge >= 0.3 is 0 Å². The van der Waals surface area contributed by atoms with Gasteiger partial charge in [0, 0.05) is 12.6 Å². The molecule has 1 aromatic heterocycles. The normalized spacial score (nSPS) is 14.3. The van der Waals surface area contributed by atoms with Gasteiger partial charge in [0.05, 0.1) is 10.5 Å². The molecule has 0 saturated heterocycles. The lowest BCUT2D eigenvalue weighted by molar-refractivity contribution is 0.380. The molecule has 3 N–H and O–H groups in total. The van der Waals surface area contributed by atoms with Crippen molar-refractivity contribution in [1.29, 1.82) is 0 Å². The third kappa shape index (κ3) is 3.69. The van der Waals surface area contributed by atoms with Crippen molar-refractivity contribution in [2.75, 3.05) is 6.54 Å². The smallest absolute Gasteiger partial charge is 0.183 e. The van der Waals surface area contributed by atoms with Crippen molar-refractivity contribution in [3.05, 3.63) is 56.9 Å². The van der Waals surface area contributed by atoms with E-state index in [9.17, 15) is 0 Å². The zero-order valence-corrected chi connectivity index (χ0v) is 13.7. The molecule has 0 amide bonds. The van der Waals surface area contributed by atoms with E-state index in [2.05, 4.69) is 56.2 Å². The summed E-state index contributed by atoms with van der Waals surface area (Å²) in [6.45, 7) is 2.59. The maximum Gasteiger partial charge on any atom is 0.183 e. The van der Waals surface area contributed by atoms with Gasteiger partial charge in [-0.1, -0.05) is 30.3 Å². The number of nitrogens with one attached hydrogen (secondary N) is 1. The minimum atomic E-state index is -0.0159. The van der Waals surface area contributed by atoms with Crippen molar-refractivity contribution in [3.63, 3.8) is 0 Å². The Morgan fingerprint density at radius 3 is 2.47 bits per heavy atom. The Hall–Kier alpha value is -0.620. The van der Waals surface area contributed by atoms with Crippen LogP contribution in [0.4, 0.5) is 0 Å². The first-order valence-corrected chi connectivity index (χ1v) is 7.66. The Balaban J connectivity index is 2.11. The van der Waals surface area contributed by atoms with Crippen molar-refractivity contribution in [1.82, 2.24) is 5.32 Å². The largest absolute Gasteiger partial charge is 0.451 e. The number of benzene rings is 1. The average molecular weight is 388 g/mol. The predicted octanol–water partition coefficient (Wildman–Crippen LogP) is 4.16. The molecule has 102 valence electrons. The van der Waals surface area contributed by atoms with Crippen LogP contribution in [-0.4, -0.2) is 6.54 Å². The summed E-state index contributed by atoms with van der Waals surface area (Å²) in [7, 11) is 0. The summed E-state index contributed by atoms with van der Waals surface area (Å²) in [5, 5.41) is 3.48. The van der Waals surface area contributed by atoms with Gasteiger partial charge in [-0.2, -0.15) is 0 Å². The lowest BCUT2D eigenvalue weighted by atomic mass is 10.1. The molecule has 0 saturated carbocycles. The molecule has 1 aromatic carbocycles. The fraction of sp³-hybridized carbons (Fsp3) is 0.286. The summed E-state index contributed by atoms with van der Waals surface area (Å²) in [4.78, 5) is 0. The molecule has 1 heterocycles. The Labute approximate surface area is 129 Å². The monoisotopic (exact) mass is 386 g/mol. The maximum absolute atomic E-state index is 5.84. The fourth-order valence-corrected chi connectivity index (χ4v) is 2.55. The van der Waals surface area contributed by atoms with Crippen LogP contribution in [0.15, 0.2) is 50.0 Å². The van der Waals surface area contributed by atoms with Gasteiger partial charge in [0.15, 0.2) is 4.67 Å². The molecule has 0 bridgehead atoms. The second-order valence-corrected chi connectivity index (χ2v) is 5.93. The molecule has 2 atom stereocenters. The molecule has 3 nitrogen and oxygen atoms in total. The van der Waals surface area contributed by atoms with E-state index in [0.29, 0.717) is 11.2 Å². The Morgan fingerprint density at radius 2 is 1.95 bits per heavy atom. The van der Waals surface area contributed by atoms with E-state index in [4.69, 9.17) is 10.2 Å². The lowest BCUT2D eigenvalue weighted by Crippen LogP contribution is -2.30. The third-order valence-electron chi connectivity index (χ3n) is 2.99. The van der Waals surface area contributed by atoms with Crippen molar-refractivity contribution in [2.24, 2.45) is 5.73 Å². The minimum Gasteiger partial charge on any atom is -0.451 e. The standard InChI is InChI=1S/C14H16Br2N2O/c1-9(10-5-3-2-4-6-10)18-12(8-17)13-7-11(15)14(16)19-13/h2-7,9,12,18H,8,17H2,1H3. The van der Waals surface area contributed by atoms with Crippen molar-refractivity contribution >= 4 is 31.9 Å². The maximum atomic E-state index is 5.84. The second-order valence-electron chi connectivity index (χ2n) is 4.36. The highest BCUT2D eigenvalue weighted by Gasteiger charge is 2.18. The predicted molar refractivity (Wildman–Crippen MR) is 83.9 cm³/mol. The molecule has 2 aromatic rings. The first-order valence-electron chi connectivity index (χ1n) is 6.07. The van der Waals surface area contributed by atoms with Crippen molar-refractivity contribution < 1.29 is 4.42 Å². The van der Waals surface area contributed by atoms with Gasteiger partial charge in [0.25, 0.3) is 0 Å². The summed E-state index contributed by atoms with van der Waals surface area (Å²) in [5.74, 6) is 0.823. The first kappa shape index (κ1) is 14.8. The highest BCUT2D eigenvalue weighted by molar-refractivity contribution is 9.13. The van der Waals surface area contributed by atoms with Crippen LogP contribution in [0, 0.1) is 0 Å². The highest BCUT2D eigenvalue weighted by atomic mass is 79.9. The van der Waals surface area contributed by atoms with E-state index in [0.717, 1.165) is 10.2 Å². The summed E-state index contributed by atoms with van der Waals surface area (Å²) in [6, 6.07) is 12.4. The van der Waals surface area contributed by atoms with E-state index in [1.165, 1.54) is 5.56 Å². The zero-order valence-electron chi connectivity index (χ0n) is 10.6. The van der Waals surface area contributed by atoms with Crippen LogP contribution in [0.1, 0.15) is 30.3 Å². The number of halogens is 2. The van der Waals surface area contributed by atoms with E-state index in [1.807, 2.05) is 24.3 Å². The summed E-state index contributed by atoms with van der Waals surface area (Å²) in [6.07, 6.45) is 0. The number of nitrogens with two attached hydrogens (primary N) is 1. The van der Waals surface area contributed by atoms with Crippen LogP contribution in [-0.2, 0) is 0 Å². The topological polar surface area (TPSA) is 51.2 Å². The summed E-state index contributed by atoms with van der Waals surface area (Å²) >= 11 is 6.76. The van der Waals surface area contributed by atoms with Gasteiger partial charge < -0.3 is 10.2 Å². The number of hydrogen-bond donors (Lipinski definition) is 2. The Bertz CT molecular complexity index is 508. The van der Waals surface area contributed by atoms with E-state index >= 15 is 0 Å². The molecule has 5 heteroatoms. The van der Waals surface area contributed by atoms with E-state index in [-0.39, 0.29) is 12.1 Å². The van der Waals surface area contributed by atoms with Crippen LogP contribution in [0.3, 0.4) is 0 Å². The number of hydrogen-bond acceptors (Lipinski definition) is 3. The molecule has 0 aliphatic carbocycles. The Kier molecular flexibility index (Phi) is 5.21. The van der Waals surface area contributed by atoms with Gasteiger partial charge in [-0.25, -0.2) is 0 Å². The van der Waals surface area contributed by atoms with Gasteiger partial charge in [0.1, 0.15) is 5.76 Å². The quantitative estimate of drug-likeness (QED) is 0.809. The van der Waals surface area contributed by atoms with Crippen LogP contribution in [0.5, 0.6) is 0 Å². The average Bonchev–Trinajstić information content (AvgIpc) is 2.76. The molecule has 2 unspecified atom stereocenters. The minimum absolute atomic E-state index is 0.0159. The highest BCUT2D eigenvalue weighted by Crippen LogP contribution is 2.30. The van der Waals surface area contributed by atoms with Crippen LogP contribution in [0.2, 0.25) is 0 Å². The number of furan rings is 1. The molecule has 0 aliphatic rings. The molecule has 0 fully saturated rings. The third-order valence-corrected chi connectivity index (χ3v) is 4.70. The van der Waals surface area contributed by atoms with Crippen LogP contribution < -0.4 is 11.1 Å². The summed E-state index contributed by atoms with van der Waals surface area (Å²) in [5.41, 5.74) is 7.06. The fourth-order valence-electron chi connectivity index (χ4n) is 1.94. The van der Waals surface area contributed by atoms with Crippen molar-refractivity contribution in [3.8, 4) is 0 Å². The lowest BCUT2D eigenvalue weighted by Gasteiger charge is -2.20. The van der Waals surface area contributed by atoms with Crippen LogP contribution in [0.25, 0.3) is 0 Å². The molecule has 0 radical (unpaired) electrons. The summed E-state index contributed by atoms with van der Waals surface area (Å²) < 4.78 is 7.22. The van der Waals surface area contributed by atoms with Gasteiger partial charge in [0.2, 0.25) is 0 Å². The van der Waals surface area contributed by atoms with Gasteiger partial charge in [-0.3, -0.25) is 5.32 Å². The first-order chi connectivity index (χ1) is 9.11. The van der Waals surface area contributed by atoms with Crippen molar-refractivity contribution in [2.45, 2.75) is 19.0 Å². The molecule has 0 aliphatic heterocycles.